The summed E-state index contributed by atoms with van der Waals surface area (Å²) in [5, 5.41) is 0. The van der Waals surface area contributed by atoms with Crippen LogP contribution in [0.1, 0.15) is 73.4 Å². The van der Waals surface area contributed by atoms with Gasteiger partial charge < -0.3 is 4.74 Å². The van der Waals surface area contributed by atoms with Gasteiger partial charge in [-0.05, 0) is 24.6 Å². The molecule has 0 spiro atoms. The topological polar surface area (TPSA) is 26.3 Å². The van der Waals surface area contributed by atoms with Crippen molar-refractivity contribution in [2.75, 3.05) is 6.61 Å². The van der Waals surface area contributed by atoms with E-state index in [4.69, 9.17) is 4.74 Å². The molecule has 1 aromatic carbocycles. The Hall–Kier alpha value is -1.73. The molecule has 0 bridgehead atoms. The molecule has 0 radical (unpaired) electrons. The number of rotatable bonds is 9. The largest absolute Gasteiger partial charge is 0.462 e. The first-order valence-electron chi connectivity index (χ1n) is 8.53. The summed E-state index contributed by atoms with van der Waals surface area (Å²) in [5.41, 5.74) is -4.27. The predicted octanol–water partition coefficient (Wildman–Crippen LogP) is 6.63. The number of carbonyl (C=O) groups is 1. The number of hydrogen-bond donors (Lipinski definition) is 0. The second-order valence-electron chi connectivity index (χ2n) is 6.01. The molecule has 0 fully saturated rings. The van der Waals surface area contributed by atoms with E-state index in [-0.39, 0.29) is 18.7 Å². The molecule has 148 valence electrons. The molecule has 0 atom stereocenters. The number of hydrogen-bond acceptors (Lipinski definition) is 2. The highest BCUT2D eigenvalue weighted by molar-refractivity contribution is 5.89. The second-order valence-corrected chi connectivity index (χ2v) is 6.01. The van der Waals surface area contributed by atoms with Gasteiger partial charge in [0.2, 0.25) is 0 Å². The van der Waals surface area contributed by atoms with Crippen LogP contribution in [0.5, 0.6) is 0 Å². The summed E-state index contributed by atoms with van der Waals surface area (Å²) in [5.74, 6) is -1.06. The van der Waals surface area contributed by atoms with Gasteiger partial charge in [0.1, 0.15) is 0 Å². The van der Waals surface area contributed by atoms with Crippen LogP contribution in [-0.4, -0.2) is 12.6 Å². The Kier molecular flexibility index (Phi) is 8.43. The van der Waals surface area contributed by atoms with Crippen LogP contribution in [0.2, 0.25) is 0 Å². The van der Waals surface area contributed by atoms with Gasteiger partial charge in [-0.1, -0.05) is 45.4 Å². The molecular weight excluding hydrogens is 362 g/mol. The lowest BCUT2D eigenvalue weighted by Gasteiger charge is -2.16. The summed E-state index contributed by atoms with van der Waals surface area (Å²) in [7, 11) is 0. The number of benzene rings is 1. The third-order valence-corrected chi connectivity index (χ3v) is 3.85. The van der Waals surface area contributed by atoms with E-state index in [2.05, 4.69) is 6.92 Å². The molecule has 0 heterocycles. The SMILES string of the molecule is CCCCCCCCCOC(=O)c1ccc(C(F)(F)F)c(C(F)(F)F)c1. The predicted molar refractivity (Wildman–Crippen MR) is 84.7 cm³/mol. The Morgan fingerprint density at radius 2 is 1.38 bits per heavy atom. The molecule has 0 aliphatic rings. The van der Waals surface area contributed by atoms with Gasteiger partial charge in [0, 0.05) is 0 Å². The van der Waals surface area contributed by atoms with Gasteiger partial charge in [0.25, 0.3) is 0 Å². The van der Waals surface area contributed by atoms with Crippen molar-refractivity contribution in [3.8, 4) is 0 Å². The van der Waals surface area contributed by atoms with E-state index >= 15 is 0 Å². The molecule has 1 aromatic rings. The van der Waals surface area contributed by atoms with Crippen molar-refractivity contribution in [1.82, 2.24) is 0 Å². The fourth-order valence-corrected chi connectivity index (χ4v) is 2.46. The zero-order valence-electron chi connectivity index (χ0n) is 14.5. The van der Waals surface area contributed by atoms with Gasteiger partial charge >= 0.3 is 18.3 Å². The molecule has 2 nitrogen and oxygen atoms in total. The molecule has 8 heteroatoms. The fraction of sp³-hybridized carbons (Fsp3) is 0.611. The zero-order chi connectivity index (χ0) is 19.8. The third-order valence-electron chi connectivity index (χ3n) is 3.85. The zero-order valence-corrected chi connectivity index (χ0v) is 14.5. The van der Waals surface area contributed by atoms with Crippen LogP contribution in [-0.2, 0) is 17.1 Å². The number of halogens is 6. The summed E-state index contributed by atoms with van der Waals surface area (Å²) >= 11 is 0. The van der Waals surface area contributed by atoms with Crippen LogP contribution in [0, 0.1) is 0 Å². The first-order valence-corrected chi connectivity index (χ1v) is 8.53. The van der Waals surface area contributed by atoms with Crippen LogP contribution in [0.4, 0.5) is 26.3 Å². The Balaban J connectivity index is 2.62. The first kappa shape index (κ1) is 22.3. The maximum atomic E-state index is 12.8. The highest BCUT2D eigenvalue weighted by Crippen LogP contribution is 2.40. The van der Waals surface area contributed by atoms with E-state index in [1.807, 2.05) is 0 Å². The smallest absolute Gasteiger partial charge is 0.417 e. The van der Waals surface area contributed by atoms with Gasteiger partial charge in [-0.15, -0.1) is 0 Å². The molecule has 0 unspecified atom stereocenters. The minimum Gasteiger partial charge on any atom is -0.462 e. The summed E-state index contributed by atoms with van der Waals surface area (Å²) in [6.07, 6.45) is -3.56. The van der Waals surface area contributed by atoms with Crippen molar-refractivity contribution in [2.45, 2.75) is 64.2 Å². The minimum absolute atomic E-state index is 0.0228. The standard InChI is InChI=1S/C18H22F6O2/c1-2-3-4-5-6-7-8-11-26-16(25)13-9-10-14(17(19,20)21)15(12-13)18(22,23)24/h9-10,12H,2-8,11H2,1H3. The van der Waals surface area contributed by atoms with Crippen molar-refractivity contribution >= 4 is 5.97 Å². The summed E-state index contributed by atoms with van der Waals surface area (Å²) in [6, 6.07) is 1.15. The highest BCUT2D eigenvalue weighted by Gasteiger charge is 2.43. The van der Waals surface area contributed by atoms with Crippen molar-refractivity contribution in [3.63, 3.8) is 0 Å². The lowest BCUT2D eigenvalue weighted by atomic mass is 10.0. The Morgan fingerprint density at radius 1 is 0.846 bits per heavy atom. The van der Waals surface area contributed by atoms with E-state index in [1.165, 1.54) is 0 Å². The highest BCUT2D eigenvalue weighted by atomic mass is 19.4. The van der Waals surface area contributed by atoms with E-state index in [1.54, 1.807) is 0 Å². The van der Waals surface area contributed by atoms with E-state index in [0.717, 1.165) is 38.5 Å². The molecular formula is C18H22F6O2. The summed E-state index contributed by atoms with van der Waals surface area (Å²) in [4.78, 5) is 11.8. The maximum absolute atomic E-state index is 12.8. The fourth-order valence-electron chi connectivity index (χ4n) is 2.46. The molecule has 0 saturated heterocycles. The average molecular weight is 384 g/mol. The maximum Gasteiger partial charge on any atom is 0.417 e. The van der Waals surface area contributed by atoms with E-state index in [9.17, 15) is 31.1 Å². The lowest BCUT2D eigenvalue weighted by Crippen LogP contribution is -2.18. The molecule has 0 amide bonds. The van der Waals surface area contributed by atoms with Crippen LogP contribution >= 0.6 is 0 Å². The first-order chi connectivity index (χ1) is 12.1. The number of carbonyl (C=O) groups excluding carboxylic acids is 1. The number of unbranched alkanes of at least 4 members (excludes halogenated alkanes) is 6. The molecule has 0 N–H and O–H groups in total. The summed E-state index contributed by atoms with van der Waals surface area (Å²) in [6.45, 7) is 2.12. The molecule has 0 aliphatic carbocycles. The molecule has 26 heavy (non-hydrogen) atoms. The Morgan fingerprint density at radius 3 is 1.92 bits per heavy atom. The Bertz CT molecular complexity index is 578. The lowest BCUT2D eigenvalue weighted by molar-refractivity contribution is -0.162. The molecule has 1 rings (SSSR count). The molecule has 0 aromatic heterocycles. The van der Waals surface area contributed by atoms with E-state index < -0.39 is 35.0 Å². The third kappa shape index (κ3) is 7.25. The van der Waals surface area contributed by atoms with Gasteiger partial charge in [0.05, 0.1) is 23.3 Å². The van der Waals surface area contributed by atoms with Crippen LogP contribution in [0.15, 0.2) is 18.2 Å². The average Bonchev–Trinajstić information content (AvgIpc) is 2.55. The quantitative estimate of drug-likeness (QED) is 0.271. The van der Waals surface area contributed by atoms with Crippen molar-refractivity contribution in [3.05, 3.63) is 34.9 Å². The van der Waals surface area contributed by atoms with Gasteiger partial charge in [-0.2, -0.15) is 26.3 Å². The van der Waals surface area contributed by atoms with Gasteiger partial charge in [0.15, 0.2) is 0 Å². The Labute approximate surface area is 148 Å². The van der Waals surface area contributed by atoms with Crippen molar-refractivity contribution < 1.29 is 35.9 Å². The van der Waals surface area contributed by atoms with Crippen LogP contribution in [0.3, 0.4) is 0 Å². The van der Waals surface area contributed by atoms with Crippen molar-refractivity contribution in [2.24, 2.45) is 0 Å². The summed E-state index contributed by atoms with van der Waals surface area (Å²) < 4.78 is 81.5. The monoisotopic (exact) mass is 384 g/mol. The van der Waals surface area contributed by atoms with Gasteiger partial charge in [-0.25, -0.2) is 4.79 Å². The number of ether oxygens (including phenoxy) is 1. The number of alkyl halides is 6. The van der Waals surface area contributed by atoms with Gasteiger partial charge in [-0.3, -0.25) is 0 Å². The second kappa shape index (κ2) is 9.83. The normalized spacial score (nSPS) is 12.3. The van der Waals surface area contributed by atoms with Crippen molar-refractivity contribution in [1.29, 1.82) is 0 Å². The van der Waals surface area contributed by atoms with Crippen LogP contribution < -0.4 is 0 Å². The van der Waals surface area contributed by atoms with Crippen LogP contribution in [0.25, 0.3) is 0 Å². The molecule has 0 aliphatic heterocycles. The number of esters is 1. The minimum atomic E-state index is -5.22. The van der Waals surface area contributed by atoms with E-state index in [0.29, 0.717) is 12.5 Å². The molecule has 0 saturated carbocycles.